The summed E-state index contributed by atoms with van der Waals surface area (Å²) in [4.78, 5) is 12.7. The van der Waals surface area contributed by atoms with Gasteiger partial charge in [-0.3, -0.25) is 9.69 Å². The van der Waals surface area contributed by atoms with Crippen molar-refractivity contribution in [3.8, 4) is 0 Å². The van der Waals surface area contributed by atoms with Gasteiger partial charge in [-0.2, -0.15) is 0 Å². The van der Waals surface area contributed by atoms with Crippen LogP contribution in [0.5, 0.6) is 0 Å². The van der Waals surface area contributed by atoms with Crippen LogP contribution in [0.2, 0.25) is 0 Å². The SMILES string of the molecule is CCCCCN(CC(=O)O)Cc1ccc(F)cc1. The molecule has 1 rings (SSSR count). The largest absolute Gasteiger partial charge is 0.480 e. The monoisotopic (exact) mass is 253 g/mol. The Labute approximate surface area is 107 Å². The van der Waals surface area contributed by atoms with Crippen LogP contribution in [-0.2, 0) is 11.3 Å². The highest BCUT2D eigenvalue weighted by atomic mass is 19.1. The number of hydrogen-bond acceptors (Lipinski definition) is 2. The van der Waals surface area contributed by atoms with Gasteiger partial charge in [0.25, 0.3) is 0 Å². The number of nitrogens with zero attached hydrogens (tertiary/aromatic N) is 1. The van der Waals surface area contributed by atoms with Crippen molar-refractivity contribution in [2.45, 2.75) is 32.7 Å². The third kappa shape index (κ3) is 5.77. The standard InChI is InChI=1S/C14H20FNO2/c1-2-3-4-9-16(11-14(17)18)10-12-5-7-13(15)8-6-12/h5-8H,2-4,9-11H2,1H3,(H,17,18). The first-order valence-electron chi connectivity index (χ1n) is 6.30. The lowest BCUT2D eigenvalue weighted by Crippen LogP contribution is -2.30. The molecule has 0 aliphatic rings. The van der Waals surface area contributed by atoms with Crippen LogP contribution in [0, 0.1) is 5.82 Å². The number of carboxylic acids is 1. The van der Waals surface area contributed by atoms with Gasteiger partial charge in [0.15, 0.2) is 0 Å². The topological polar surface area (TPSA) is 40.5 Å². The van der Waals surface area contributed by atoms with Gasteiger partial charge in [0, 0.05) is 6.54 Å². The van der Waals surface area contributed by atoms with E-state index in [1.165, 1.54) is 12.1 Å². The lowest BCUT2D eigenvalue weighted by atomic mass is 10.2. The first kappa shape index (κ1) is 14.6. The molecule has 4 heteroatoms. The minimum Gasteiger partial charge on any atom is -0.480 e. The van der Waals surface area contributed by atoms with Gasteiger partial charge < -0.3 is 5.11 Å². The van der Waals surface area contributed by atoms with Gasteiger partial charge in [-0.1, -0.05) is 31.9 Å². The van der Waals surface area contributed by atoms with Crippen molar-refractivity contribution in [2.75, 3.05) is 13.1 Å². The van der Waals surface area contributed by atoms with Crippen LogP contribution in [0.4, 0.5) is 4.39 Å². The van der Waals surface area contributed by atoms with Crippen LogP contribution < -0.4 is 0 Å². The number of rotatable bonds is 8. The van der Waals surface area contributed by atoms with E-state index in [-0.39, 0.29) is 12.4 Å². The summed E-state index contributed by atoms with van der Waals surface area (Å²) >= 11 is 0. The summed E-state index contributed by atoms with van der Waals surface area (Å²) in [5.74, 6) is -1.09. The van der Waals surface area contributed by atoms with Gasteiger partial charge in [0.05, 0.1) is 6.54 Å². The van der Waals surface area contributed by atoms with E-state index < -0.39 is 5.97 Å². The van der Waals surface area contributed by atoms with E-state index in [0.29, 0.717) is 6.54 Å². The molecule has 18 heavy (non-hydrogen) atoms. The Morgan fingerprint density at radius 3 is 2.50 bits per heavy atom. The zero-order chi connectivity index (χ0) is 13.4. The summed E-state index contributed by atoms with van der Waals surface area (Å²) in [7, 11) is 0. The van der Waals surface area contributed by atoms with Crippen LogP contribution in [0.25, 0.3) is 0 Å². The maximum atomic E-state index is 12.8. The normalized spacial score (nSPS) is 10.8. The highest BCUT2D eigenvalue weighted by Gasteiger charge is 2.09. The molecule has 0 unspecified atom stereocenters. The van der Waals surface area contributed by atoms with E-state index in [2.05, 4.69) is 6.92 Å². The van der Waals surface area contributed by atoms with Crippen molar-refractivity contribution in [1.29, 1.82) is 0 Å². The molecule has 0 spiro atoms. The fourth-order valence-electron chi connectivity index (χ4n) is 1.84. The average molecular weight is 253 g/mol. The van der Waals surface area contributed by atoms with E-state index in [1.54, 1.807) is 12.1 Å². The predicted octanol–water partition coefficient (Wildman–Crippen LogP) is 2.90. The second-order valence-corrected chi connectivity index (χ2v) is 4.44. The van der Waals surface area contributed by atoms with Crippen molar-refractivity contribution in [2.24, 2.45) is 0 Å². The number of carbonyl (C=O) groups is 1. The number of aliphatic carboxylic acids is 1. The molecule has 0 radical (unpaired) electrons. The maximum Gasteiger partial charge on any atom is 0.317 e. The summed E-state index contributed by atoms with van der Waals surface area (Å²) in [6.45, 7) is 3.45. The molecular formula is C14H20FNO2. The Morgan fingerprint density at radius 2 is 1.94 bits per heavy atom. The Morgan fingerprint density at radius 1 is 1.28 bits per heavy atom. The lowest BCUT2D eigenvalue weighted by Gasteiger charge is -2.20. The third-order valence-corrected chi connectivity index (χ3v) is 2.76. The summed E-state index contributed by atoms with van der Waals surface area (Å²) in [6.07, 6.45) is 3.20. The fourth-order valence-corrected chi connectivity index (χ4v) is 1.84. The van der Waals surface area contributed by atoms with Gasteiger partial charge in [-0.15, -0.1) is 0 Å². The van der Waals surface area contributed by atoms with Crippen molar-refractivity contribution >= 4 is 5.97 Å². The molecule has 0 aliphatic carbocycles. The average Bonchev–Trinajstić information content (AvgIpc) is 2.31. The number of hydrogen-bond donors (Lipinski definition) is 1. The van der Waals surface area contributed by atoms with E-state index >= 15 is 0 Å². The molecule has 0 bridgehead atoms. The summed E-state index contributed by atoms with van der Waals surface area (Å²) in [5, 5.41) is 8.86. The summed E-state index contributed by atoms with van der Waals surface area (Å²) in [5.41, 5.74) is 0.939. The fraction of sp³-hybridized carbons (Fsp3) is 0.500. The predicted molar refractivity (Wildman–Crippen MR) is 68.8 cm³/mol. The minimum absolute atomic E-state index is 0.0289. The van der Waals surface area contributed by atoms with Gasteiger partial charge >= 0.3 is 5.97 Å². The van der Waals surface area contributed by atoms with Crippen molar-refractivity contribution in [3.63, 3.8) is 0 Å². The molecular weight excluding hydrogens is 233 g/mol. The highest BCUT2D eigenvalue weighted by Crippen LogP contribution is 2.08. The molecule has 0 atom stereocenters. The molecule has 1 aromatic rings. The molecule has 0 saturated heterocycles. The van der Waals surface area contributed by atoms with E-state index in [0.717, 1.165) is 31.4 Å². The molecule has 0 amide bonds. The quantitative estimate of drug-likeness (QED) is 0.724. The van der Waals surface area contributed by atoms with Gasteiger partial charge in [-0.05, 0) is 30.7 Å². The van der Waals surface area contributed by atoms with Crippen LogP contribution in [0.3, 0.4) is 0 Å². The smallest absolute Gasteiger partial charge is 0.317 e. The number of carboxylic acid groups (broad SMARTS) is 1. The second-order valence-electron chi connectivity index (χ2n) is 4.44. The van der Waals surface area contributed by atoms with Gasteiger partial charge in [0.1, 0.15) is 5.82 Å². The molecule has 1 N–H and O–H groups in total. The van der Waals surface area contributed by atoms with Crippen LogP contribution >= 0.6 is 0 Å². The van der Waals surface area contributed by atoms with Gasteiger partial charge in [0.2, 0.25) is 0 Å². The minimum atomic E-state index is -0.825. The van der Waals surface area contributed by atoms with Crippen LogP contribution in [0.1, 0.15) is 31.7 Å². The molecule has 0 aromatic heterocycles. The second kappa shape index (κ2) is 7.82. The molecule has 1 aromatic carbocycles. The highest BCUT2D eigenvalue weighted by molar-refractivity contribution is 5.69. The lowest BCUT2D eigenvalue weighted by molar-refractivity contribution is -0.138. The maximum absolute atomic E-state index is 12.8. The molecule has 0 saturated carbocycles. The van der Waals surface area contributed by atoms with Crippen LogP contribution in [-0.4, -0.2) is 29.1 Å². The Hall–Kier alpha value is -1.42. The Balaban J connectivity index is 2.53. The van der Waals surface area contributed by atoms with Crippen molar-refractivity contribution in [3.05, 3.63) is 35.6 Å². The molecule has 0 aliphatic heterocycles. The first-order chi connectivity index (χ1) is 8.61. The molecule has 3 nitrogen and oxygen atoms in total. The molecule has 0 heterocycles. The number of benzene rings is 1. The third-order valence-electron chi connectivity index (χ3n) is 2.76. The number of unbranched alkanes of at least 4 members (excludes halogenated alkanes) is 2. The van der Waals surface area contributed by atoms with E-state index in [9.17, 15) is 9.18 Å². The Kier molecular flexibility index (Phi) is 6.36. The van der Waals surface area contributed by atoms with E-state index in [1.807, 2.05) is 4.90 Å². The molecule has 0 fully saturated rings. The Bertz CT molecular complexity index is 365. The summed E-state index contributed by atoms with van der Waals surface area (Å²) < 4.78 is 12.8. The van der Waals surface area contributed by atoms with Crippen LogP contribution in [0.15, 0.2) is 24.3 Å². The zero-order valence-electron chi connectivity index (χ0n) is 10.7. The van der Waals surface area contributed by atoms with Gasteiger partial charge in [-0.25, -0.2) is 4.39 Å². The van der Waals surface area contributed by atoms with E-state index in [4.69, 9.17) is 5.11 Å². The number of halogens is 1. The first-order valence-corrected chi connectivity index (χ1v) is 6.30. The molecule has 100 valence electrons. The van der Waals surface area contributed by atoms with Crippen molar-refractivity contribution in [1.82, 2.24) is 4.90 Å². The van der Waals surface area contributed by atoms with Crippen molar-refractivity contribution < 1.29 is 14.3 Å². The zero-order valence-corrected chi connectivity index (χ0v) is 10.7. The summed E-state index contributed by atoms with van der Waals surface area (Å²) in [6, 6.07) is 6.20.